The van der Waals surface area contributed by atoms with E-state index in [0.29, 0.717) is 27.4 Å². The molecule has 26 heavy (non-hydrogen) atoms. The summed E-state index contributed by atoms with van der Waals surface area (Å²) in [4.78, 5) is 0. The second kappa shape index (κ2) is 8.29. The van der Waals surface area contributed by atoms with Crippen LogP contribution in [0.1, 0.15) is 24.4 Å². The molecule has 0 fully saturated rings. The van der Waals surface area contributed by atoms with Crippen molar-refractivity contribution in [1.82, 2.24) is 14.8 Å². The van der Waals surface area contributed by atoms with E-state index in [1.165, 1.54) is 23.9 Å². The molecule has 136 valence electrons. The average Bonchev–Trinajstić information content (AvgIpc) is 2.95. The highest BCUT2D eigenvalue weighted by Crippen LogP contribution is 2.28. The fraction of sp³-hybridized carbons (Fsp3) is 0.222. The third-order valence-electron chi connectivity index (χ3n) is 3.71. The van der Waals surface area contributed by atoms with Crippen LogP contribution in [0.4, 0.5) is 4.39 Å². The number of rotatable bonds is 6. The summed E-state index contributed by atoms with van der Waals surface area (Å²) in [5, 5.41) is 10.2. The van der Waals surface area contributed by atoms with Crippen molar-refractivity contribution in [3.63, 3.8) is 0 Å². The van der Waals surface area contributed by atoms with Gasteiger partial charge in [0.15, 0.2) is 17.1 Å². The highest BCUT2D eigenvalue weighted by Gasteiger charge is 2.17. The van der Waals surface area contributed by atoms with Crippen LogP contribution in [-0.2, 0) is 12.8 Å². The van der Waals surface area contributed by atoms with Gasteiger partial charge in [-0.05, 0) is 42.8 Å². The Bertz CT molecular complexity index is 919. The minimum Gasteiger partial charge on any atom is -0.483 e. The third-order valence-corrected chi connectivity index (χ3v) is 5.37. The zero-order chi connectivity index (χ0) is 18.7. The molecule has 0 saturated carbocycles. The molecule has 0 N–H and O–H groups in total. The SMILES string of the molecule is CC(Oc1cccc(Cl)c1)c1nnc(SCc2ccc(F)cc2Cl)n1C. The van der Waals surface area contributed by atoms with Gasteiger partial charge < -0.3 is 9.30 Å². The number of thioether (sulfide) groups is 1. The fourth-order valence-corrected chi connectivity index (χ4v) is 3.80. The molecule has 8 heteroatoms. The van der Waals surface area contributed by atoms with Gasteiger partial charge in [-0.1, -0.05) is 47.1 Å². The Labute approximate surface area is 165 Å². The van der Waals surface area contributed by atoms with Crippen LogP contribution in [0.3, 0.4) is 0 Å². The molecular weight excluding hydrogens is 396 g/mol. The Kier molecular flexibility index (Phi) is 6.06. The van der Waals surface area contributed by atoms with Crippen LogP contribution in [0.2, 0.25) is 10.0 Å². The van der Waals surface area contributed by atoms with Crippen LogP contribution in [0.5, 0.6) is 5.75 Å². The fourth-order valence-electron chi connectivity index (χ4n) is 2.38. The van der Waals surface area contributed by atoms with Crippen molar-refractivity contribution in [2.75, 3.05) is 0 Å². The molecule has 0 bridgehead atoms. The minimum atomic E-state index is -0.350. The molecule has 0 aliphatic carbocycles. The van der Waals surface area contributed by atoms with Crippen molar-refractivity contribution in [2.24, 2.45) is 7.05 Å². The quantitative estimate of drug-likeness (QED) is 0.488. The van der Waals surface area contributed by atoms with Gasteiger partial charge in [0.25, 0.3) is 0 Å². The summed E-state index contributed by atoms with van der Waals surface area (Å²) in [5.41, 5.74) is 0.839. The van der Waals surface area contributed by atoms with Crippen LogP contribution in [0.25, 0.3) is 0 Å². The molecule has 1 atom stereocenters. The summed E-state index contributed by atoms with van der Waals surface area (Å²) in [7, 11) is 1.88. The van der Waals surface area contributed by atoms with Crippen LogP contribution in [0.15, 0.2) is 47.6 Å². The predicted octanol–water partition coefficient (Wildman–Crippen LogP) is 5.69. The van der Waals surface area contributed by atoms with Crippen molar-refractivity contribution in [2.45, 2.75) is 23.9 Å². The molecule has 1 unspecified atom stereocenters. The summed E-state index contributed by atoms with van der Waals surface area (Å²) >= 11 is 13.5. The standard InChI is InChI=1S/C18H16Cl2FN3OS/c1-11(25-15-5-3-4-13(19)8-15)17-22-23-18(24(17)2)26-10-12-6-7-14(21)9-16(12)20/h3-9,11H,10H2,1-2H3. The third kappa shape index (κ3) is 4.50. The molecule has 0 amide bonds. The number of hydrogen-bond donors (Lipinski definition) is 0. The minimum absolute atomic E-state index is 0.297. The van der Waals surface area contributed by atoms with E-state index in [4.69, 9.17) is 27.9 Å². The van der Waals surface area contributed by atoms with E-state index < -0.39 is 0 Å². The van der Waals surface area contributed by atoms with Crippen LogP contribution in [0, 0.1) is 5.82 Å². The predicted molar refractivity (Wildman–Crippen MR) is 102 cm³/mol. The van der Waals surface area contributed by atoms with E-state index in [1.54, 1.807) is 18.2 Å². The molecule has 1 aromatic heterocycles. The van der Waals surface area contributed by atoms with Crippen molar-refractivity contribution >= 4 is 35.0 Å². The second-order valence-corrected chi connectivity index (χ2v) is 7.43. The van der Waals surface area contributed by atoms with Crippen LogP contribution < -0.4 is 4.74 Å². The lowest BCUT2D eigenvalue weighted by Gasteiger charge is -2.14. The number of ether oxygens (including phenoxy) is 1. The molecule has 1 heterocycles. The van der Waals surface area contributed by atoms with Gasteiger partial charge in [-0.15, -0.1) is 10.2 Å². The Morgan fingerprint density at radius 1 is 1.19 bits per heavy atom. The molecule has 3 rings (SSSR count). The highest BCUT2D eigenvalue weighted by atomic mass is 35.5. The van der Waals surface area contributed by atoms with Crippen molar-refractivity contribution in [3.8, 4) is 5.75 Å². The van der Waals surface area contributed by atoms with Crippen molar-refractivity contribution < 1.29 is 9.13 Å². The maximum absolute atomic E-state index is 13.1. The van der Waals surface area contributed by atoms with E-state index in [9.17, 15) is 4.39 Å². The number of aromatic nitrogens is 3. The van der Waals surface area contributed by atoms with Gasteiger partial charge in [-0.25, -0.2) is 4.39 Å². The van der Waals surface area contributed by atoms with Crippen molar-refractivity contribution in [3.05, 3.63) is 69.7 Å². The first-order valence-electron chi connectivity index (χ1n) is 7.82. The number of nitrogens with zero attached hydrogens (tertiary/aromatic N) is 3. The molecule has 0 saturated heterocycles. The topological polar surface area (TPSA) is 39.9 Å². The molecule has 0 aliphatic heterocycles. The van der Waals surface area contributed by atoms with Gasteiger partial charge in [0, 0.05) is 22.8 Å². The first kappa shape index (κ1) is 19.0. The van der Waals surface area contributed by atoms with Gasteiger partial charge in [-0.3, -0.25) is 0 Å². The maximum Gasteiger partial charge on any atom is 0.191 e. The van der Waals surface area contributed by atoms with Gasteiger partial charge in [0.2, 0.25) is 0 Å². The largest absolute Gasteiger partial charge is 0.483 e. The first-order chi connectivity index (χ1) is 12.4. The van der Waals surface area contributed by atoms with E-state index in [-0.39, 0.29) is 11.9 Å². The molecule has 3 aromatic rings. The Morgan fingerprint density at radius 2 is 2.00 bits per heavy atom. The van der Waals surface area contributed by atoms with Crippen molar-refractivity contribution in [1.29, 1.82) is 0 Å². The number of benzene rings is 2. The van der Waals surface area contributed by atoms with E-state index in [2.05, 4.69) is 10.2 Å². The second-order valence-electron chi connectivity index (χ2n) is 5.64. The van der Waals surface area contributed by atoms with Gasteiger partial charge in [-0.2, -0.15) is 0 Å². The molecule has 4 nitrogen and oxygen atoms in total. The number of halogens is 3. The van der Waals surface area contributed by atoms with Crippen LogP contribution >= 0.6 is 35.0 Å². The lowest BCUT2D eigenvalue weighted by molar-refractivity contribution is 0.211. The molecule has 0 radical (unpaired) electrons. The summed E-state index contributed by atoms with van der Waals surface area (Å²) in [6.07, 6.45) is -0.297. The molecule has 2 aromatic carbocycles. The summed E-state index contributed by atoms with van der Waals surface area (Å²) in [6.45, 7) is 1.90. The lowest BCUT2D eigenvalue weighted by atomic mass is 10.2. The monoisotopic (exact) mass is 411 g/mol. The van der Waals surface area contributed by atoms with Crippen LogP contribution in [-0.4, -0.2) is 14.8 Å². The maximum atomic E-state index is 13.1. The van der Waals surface area contributed by atoms with Gasteiger partial charge in [0.05, 0.1) is 0 Å². The Balaban J connectivity index is 1.69. The number of hydrogen-bond acceptors (Lipinski definition) is 4. The summed E-state index contributed by atoms with van der Waals surface area (Å²) in [5.74, 6) is 1.57. The Hall–Kier alpha value is -1.76. The first-order valence-corrected chi connectivity index (χ1v) is 9.56. The van der Waals surface area contributed by atoms with E-state index >= 15 is 0 Å². The molecular formula is C18H16Cl2FN3OS. The normalized spacial score (nSPS) is 12.2. The van der Waals surface area contributed by atoms with Gasteiger partial charge >= 0.3 is 0 Å². The summed E-state index contributed by atoms with van der Waals surface area (Å²) < 4.78 is 20.9. The van der Waals surface area contributed by atoms with E-state index in [1.807, 2.05) is 30.7 Å². The zero-order valence-electron chi connectivity index (χ0n) is 14.1. The Morgan fingerprint density at radius 3 is 2.73 bits per heavy atom. The molecule has 0 aliphatic rings. The van der Waals surface area contributed by atoms with Gasteiger partial charge in [0.1, 0.15) is 11.6 Å². The average molecular weight is 412 g/mol. The lowest BCUT2D eigenvalue weighted by Crippen LogP contribution is -2.10. The molecule has 0 spiro atoms. The summed E-state index contributed by atoms with van der Waals surface area (Å²) in [6, 6.07) is 11.6. The zero-order valence-corrected chi connectivity index (χ0v) is 16.4. The highest BCUT2D eigenvalue weighted by molar-refractivity contribution is 7.98. The van der Waals surface area contributed by atoms with E-state index in [0.717, 1.165) is 10.7 Å². The smallest absolute Gasteiger partial charge is 0.191 e.